The van der Waals surface area contributed by atoms with Crippen molar-refractivity contribution in [3.8, 4) is 0 Å². The van der Waals surface area contributed by atoms with Gasteiger partial charge in [-0.2, -0.15) is 0 Å². The Balaban J connectivity index is 1.64. The molecule has 1 saturated carbocycles. The van der Waals surface area contributed by atoms with Crippen molar-refractivity contribution in [1.82, 2.24) is 15.1 Å². The Morgan fingerprint density at radius 3 is 2.82 bits per heavy atom. The number of amides is 1. The second kappa shape index (κ2) is 5.83. The molecule has 0 aromatic heterocycles. The third-order valence-corrected chi connectivity index (χ3v) is 3.65. The van der Waals surface area contributed by atoms with E-state index in [1.54, 1.807) is 0 Å². The number of hydrogen-bond acceptors (Lipinski definition) is 3. The lowest BCUT2D eigenvalue weighted by Crippen LogP contribution is -2.42. The lowest BCUT2D eigenvalue weighted by Gasteiger charge is -2.32. The second-order valence-electron chi connectivity index (χ2n) is 5.81. The lowest BCUT2D eigenvalue weighted by molar-refractivity contribution is -0.122. The number of hydrogen-bond donors (Lipinski definition) is 1. The summed E-state index contributed by atoms with van der Waals surface area (Å²) < 4.78 is 0. The highest BCUT2D eigenvalue weighted by Gasteiger charge is 2.24. The fourth-order valence-corrected chi connectivity index (χ4v) is 2.67. The first kappa shape index (κ1) is 12.8. The molecule has 0 radical (unpaired) electrons. The van der Waals surface area contributed by atoms with Crippen LogP contribution in [0.15, 0.2) is 0 Å². The Hall–Kier alpha value is -0.610. The Kier molecular flexibility index (Phi) is 4.40. The summed E-state index contributed by atoms with van der Waals surface area (Å²) >= 11 is 0. The first-order chi connectivity index (χ1) is 8.13. The maximum absolute atomic E-state index is 11.6. The largest absolute Gasteiger partial charge is 0.352 e. The molecule has 1 N–H and O–H groups in total. The maximum atomic E-state index is 11.6. The van der Waals surface area contributed by atoms with Crippen LogP contribution in [0.5, 0.6) is 0 Å². The summed E-state index contributed by atoms with van der Waals surface area (Å²) in [7, 11) is 4.24. The molecule has 1 heterocycles. The SMILES string of the molecule is CN1CCCC(CN(C)CC(=O)NC2CC2)C1. The molecule has 1 unspecified atom stereocenters. The molecule has 0 spiro atoms. The number of nitrogens with zero attached hydrogens (tertiary/aromatic N) is 2. The molecule has 1 atom stereocenters. The Bertz CT molecular complexity index is 265. The summed E-state index contributed by atoms with van der Waals surface area (Å²) in [5, 5.41) is 3.04. The number of likely N-dealkylation sites (N-methyl/N-ethyl adjacent to an activating group) is 1. The number of carbonyl (C=O) groups is 1. The van der Waals surface area contributed by atoms with E-state index in [4.69, 9.17) is 0 Å². The van der Waals surface area contributed by atoms with Gasteiger partial charge in [0.2, 0.25) is 5.91 Å². The molecule has 0 aromatic carbocycles. The van der Waals surface area contributed by atoms with Crippen molar-refractivity contribution in [3.63, 3.8) is 0 Å². The van der Waals surface area contributed by atoms with Gasteiger partial charge < -0.3 is 10.2 Å². The van der Waals surface area contributed by atoms with Gasteiger partial charge in [-0.25, -0.2) is 0 Å². The van der Waals surface area contributed by atoms with E-state index in [0.717, 1.165) is 12.5 Å². The number of nitrogens with one attached hydrogen (secondary N) is 1. The van der Waals surface area contributed by atoms with Gasteiger partial charge >= 0.3 is 0 Å². The zero-order chi connectivity index (χ0) is 12.3. The first-order valence-electron chi connectivity index (χ1n) is 6.80. The van der Waals surface area contributed by atoms with Gasteiger partial charge in [-0.1, -0.05) is 0 Å². The van der Waals surface area contributed by atoms with E-state index < -0.39 is 0 Å². The molecule has 98 valence electrons. The van der Waals surface area contributed by atoms with Crippen LogP contribution in [0.3, 0.4) is 0 Å². The minimum absolute atomic E-state index is 0.194. The summed E-state index contributed by atoms with van der Waals surface area (Å²) in [6, 6.07) is 0.483. The minimum atomic E-state index is 0.194. The quantitative estimate of drug-likeness (QED) is 0.760. The highest BCUT2D eigenvalue weighted by molar-refractivity contribution is 5.78. The highest BCUT2D eigenvalue weighted by atomic mass is 16.2. The predicted molar refractivity (Wildman–Crippen MR) is 68.9 cm³/mol. The van der Waals surface area contributed by atoms with Crippen molar-refractivity contribution in [1.29, 1.82) is 0 Å². The number of piperidine rings is 1. The van der Waals surface area contributed by atoms with Crippen LogP contribution in [-0.4, -0.2) is 62.0 Å². The van der Waals surface area contributed by atoms with Crippen molar-refractivity contribution in [3.05, 3.63) is 0 Å². The van der Waals surface area contributed by atoms with Gasteiger partial charge in [0, 0.05) is 19.1 Å². The zero-order valence-electron chi connectivity index (χ0n) is 11.1. The Morgan fingerprint density at radius 2 is 2.18 bits per heavy atom. The minimum Gasteiger partial charge on any atom is -0.352 e. The zero-order valence-corrected chi connectivity index (χ0v) is 11.1. The van der Waals surface area contributed by atoms with Crippen LogP contribution in [0.25, 0.3) is 0 Å². The molecule has 1 amide bonds. The highest BCUT2D eigenvalue weighted by Crippen LogP contribution is 2.18. The number of carbonyl (C=O) groups excluding carboxylic acids is 1. The van der Waals surface area contributed by atoms with E-state index >= 15 is 0 Å². The predicted octanol–water partition coefficient (Wildman–Crippen LogP) is 0.539. The molecular weight excluding hydrogens is 214 g/mol. The molecule has 1 saturated heterocycles. The van der Waals surface area contributed by atoms with Crippen molar-refractivity contribution in [2.45, 2.75) is 31.7 Å². The standard InChI is InChI=1S/C13H25N3O/c1-15-7-3-4-11(8-15)9-16(2)10-13(17)14-12-5-6-12/h11-12H,3-10H2,1-2H3,(H,14,17). The molecule has 1 aliphatic carbocycles. The fraction of sp³-hybridized carbons (Fsp3) is 0.923. The van der Waals surface area contributed by atoms with Crippen LogP contribution in [0.4, 0.5) is 0 Å². The van der Waals surface area contributed by atoms with Crippen LogP contribution in [-0.2, 0) is 4.79 Å². The molecule has 2 rings (SSSR count). The molecule has 4 heteroatoms. The lowest BCUT2D eigenvalue weighted by atomic mass is 9.98. The summed E-state index contributed by atoms with van der Waals surface area (Å²) in [6.45, 7) is 4.00. The van der Waals surface area contributed by atoms with E-state index in [9.17, 15) is 4.79 Å². The van der Waals surface area contributed by atoms with Crippen molar-refractivity contribution < 1.29 is 4.79 Å². The molecule has 2 fully saturated rings. The van der Waals surface area contributed by atoms with Crippen LogP contribution in [0.2, 0.25) is 0 Å². The van der Waals surface area contributed by atoms with Gasteiger partial charge in [0.1, 0.15) is 0 Å². The van der Waals surface area contributed by atoms with E-state index in [2.05, 4.69) is 29.2 Å². The average Bonchev–Trinajstić information content (AvgIpc) is 3.00. The summed E-state index contributed by atoms with van der Waals surface area (Å²) in [4.78, 5) is 16.2. The van der Waals surface area contributed by atoms with Gasteiger partial charge in [-0.15, -0.1) is 0 Å². The maximum Gasteiger partial charge on any atom is 0.234 e. The van der Waals surface area contributed by atoms with Crippen LogP contribution in [0.1, 0.15) is 25.7 Å². The number of rotatable bonds is 5. The van der Waals surface area contributed by atoms with Gasteiger partial charge in [-0.05, 0) is 52.2 Å². The molecule has 17 heavy (non-hydrogen) atoms. The third-order valence-electron chi connectivity index (χ3n) is 3.65. The second-order valence-corrected chi connectivity index (χ2v) is 5.81. The number of likely N-dealkylation sites (tertiary alicyclic amines) is 1. The van der Waals surface area contributed by atoms with Crippen molar-refractivity contribution in [2.24, 2.45) is 5.92 Å². The van der Waals surface area contributed by atoms with Crippen molar-refractivity contribution in [2.75, 3.05) is 40.3 Å². The molecule has 0 bridgehead atoms. The van der Waals surface area contributed by atoms with Gasteiger partial charge in [0.25, 0.3) is 0 Å². The normalized spacial score (nSPS) is 26.2. The molecule has 2 aliphatic rings. The third kappa shape index (κ3) is 4.64. The molecular formula is C13H25N3O. The fourth-order valence-electron chi connectivity index (χ4n) is 2.67. The first-order valence-corrected chi connectivity index (χ1v) is 6.80. The van der Waals surface area contributed by atoms with Crippen LogP contribution in [0, 0.1) is 5.92 Å². The monoisotopic (exact) mass is 239 g/mol. The molecule has 4 nitrogen and oxygen atoms in total. The van der Waals surface area contributed by atoms with Gasteiger partial charge in [0.15, 0.2) is 0 Å². The van der Waals surface area contributed by atoms with E-state index in [-0.39, 0.29) is 5.91 Å². The Morgan fingerprint density at radius 1 is 1.41 bits per heavy atom. The summed E-state index contributed by atoms with van der Waals surface area (Å²) in [5.74, 6) is 0.923. The van der Waals surface area contributed by atoms with Gasteiger partial charge in [-0.3, -0.25) is 9.69 Å². The van der Waals surface area contributed by atoms with Crippen LogP contribution >= 0.6 is 0 Å². The van der Waals surface area contributed by atoms with E-state index in [0.29, 0.717) is 12.6 Å². The summed E-state index contributed by atoms with van der Waals surface area (Å²) in [6.07, 6.45) is 4.94. The smallest absolute Gasteiger partial charge is 0.234 e. The van der Waals surface area contributed by atoms with E-state index in [1.165, 1.54) is 38.8 Å². The van der Waals surface area contributed by atoms with Crippen molar-refractivity contribution >= 4 is 5.91 Å². The van der Waals surface area contributed by atoms with E-state index in [1.807, 2.05) is 0 Å². The van der Waals surface area contributed by atoms with Gasteiger partial charge in [0.05, 0.1) is 6.54 Å². The average molecular weight is 239 g/mol. The van der Waals surface area contributed by atoms with Crippen LogP contribution < -0.4 is 5.32 Å². The molecule has 0 aromatic rings. The Labute approximate surface area is 104 Å². The summed E-state index contributed by atoms with van der Waals surface area (Å²) in [5.41, 5.74) is 0. The molecule has 1 aliphatic heterocycles. The topological polar surface area (TPSA) is 35.6 Å².